The van der Waals surface area contributed by atoms with Crippen molar-refractivity contribution in [2.45, 2.75) is 39.8 Å². The molecule has 4 heteroatoms. The summed E-state index contributed by atoms with van der Waals surface area (Å²) >= 11 is 0. The second kappa shape index (κ2) is 5.35. The third-order valence-corrected chi connectivity index (χ3v) is 2.72. The smallest absolute Gasteiger partial charge is 0.320 e. The minimum absolute atomic E-state index is 0.182. The maximum absolute atomic E-state index is 12.2. The van der Waals surface area contributed by atoms with Crippen LogP contribution in [0.2, 0.25) is 0 Å². The van der Waals surface area contributed by atoms with Gasteiger partial charge in [0.2, 0.25) is 0 Å². The van der Waals surface area contributed by atoms with E-state index in [0.717, 1.165) is 26.2 Å². The zero-order valence-electron chi connectivity index (χ0n) is 10.3. The number of hydrogen-bond donors (Lipinski definition) is 1. The fourth-order valence-corrected chi connectivity index (χ4v) is 2.06. The van der Waals surface area contributed by atoms with Crippen LogP contribution < -0.4 is 5.32 Å². The number of hydrogen-bond acceptors (Lipinski definition) is 2. The molecule has 0 bridgehead atoms. The molecule has 0 aromatic carbocycles. The van der Waals surface area contributed by atoms with Crippen molar-refractivity contribution >= 4 is 6.03 Å². The Labute approximate surface area is 92.6 Å². The molecular weight excluding hydrogens is 190 g/mol. The number of urea groups is 1. The topological polar surface area (TPSA) is 35.6 Å². The Morgan fingerprint density at radius 2 is 1.60 bits per heavy atom. The van der Waals surface area contributed by atoms with E-state index in [1.54, 1.807) is 0 Å². The van der Waals surface area contributed by atoms with E-state index in [0.29, 0.717) is 0 Å². The van der Waals surface area contributed by atoms with Crippen LogP contribution in [0.5, 0.6) is 0 Å². The van der Waals surface area contributed by atoms with Gasteiger partial charge in [-0.05, 0) is 27.7 Å². The molecule has 0 spiro atoms. The minimum Gasteiger partial charge on any atom is -0.322 e. The molecule has 0 atom stereocenters. The summed E-state index contributed by atoms with van der Waals surface area (Å²) in [7, 11) is 0. The highest BCUT2D eigenvalue weighted by molar-refractivity contribution is 5.75. The lowest BCUT2D eigenvalue weighted by molar-refractivity contribution is 0.120. The summed E-state index contributed by atoms with van der Waals surface area (Å²) in [6.45, 7) is 11.8. The molecule has 0 aromatic rings. The fraction of sp³-hybridized carbons (Fsp3) is 0.909. The standard InChI is InChI=1S/C11H23N3O/c1-9(2)14(10(3)4)11(15)13-7-5-12-6-8-13/h9-10,12H,5-8H2,1-4H3. The first-order valence-electron chi connectivity index (χ1n) is 5.82. The van der Waals surface area contributed by atoms with E-state index in [4.69, 9.17) is 0 Å². The molecule has 0 unspecified atom stereocenters. The van der Waals surface area contributed by atoms with Gasteiger partial charge in [0.1, 0.15) is 0 Å². The van der Waals surface area contributed by atoms with E-state index in [1.165, 1.54) is 0 Å². The number of piperazine rings is 1. The van der Waals surface area contributed by atoms with Gasteiger partial charge < -0.3 is 15.1 Å². The van der Waals surface area contributed by atoms with Crippen LogP contribution in [0, 0.1) is 0 Å². The van der Waals surface area contributed by atoms with Gasteiger partial charge in [-0.3, -0.25) is 0 Å². The van der Waals surface area contributed by atoms with Gasteiger partial charge >= 0.3 is 6.03 Å². The van der Waals surface area contributed by atoms with E-state index in [9.17, 15) is 4.79 Å². The lowest BCUT2D eigenvalue weighted by Crippen LogP contribution is -2.54. The first-order valence-corrected chi connectivity index (χ1v) is 5.82. The zero-order chi connectivity index (χ0) is 11.4. The van der Waals surface area contributed by atoms with Gasteiger partial charge in [0.15, 0.2) is 0 Å². The molecule has 0 aromatic heterocycles. The molecule has 1 fully saturated rings. The first-order chi connectivity index (χ1) is 7.04. The van der Waals surface area contributed by atoms with E-state index in [2.05, 4.69) is 33.0 Å². The third-order valence-electron chi connectivity index (χ3n) is 2.72. The molecular formula is C11H23N3O. The Morgan fingerprint density at radius 3 is 2.00 bits per heavy atom. The van der Waals surface area contributed by atoms with Gasteiger partial charge in [-0.1, -0.05) is 0 Å². The van der Waals surface area contributed by atoms with Crippen LogP contribution in [-0.2, 0) is 0 Å². The summed E-state index contributed by atoms with van der Waals surface area (Å²) in [5.74, 6) is 0. The summed E-state index contributed by atoms with van der Waals surface area (Å²) in [5.41, 5.74) is 0. The maximum atomic E-state index is 12.2. The van der Waals surface area contributed by atoms with Gasteiger partial charge in [0, 0.05) is 38.3 Å². The van der Waals surface area contributed by atoms with Crippen LogP contribution in [-0.4, -0.2) is 54.1 Å². The van der Waals surface area contributed by atoms with Crippen molar-refractivity contribution in [3.63, 3.8) is 0 Å². The van der Waals surface area contributed by atoms with Crippen LogP contribution >= 0.6 is 0 Å². The largest absolute Gasteiger partial charge is 0.322 e. The van der Waals surface area contributed by atoms with Crippen LogP contribution in [0.25, 0.3) is 0 Å². The second-order valence-corrected chi connectivity index (χ2v) is 4.61. The Hall–Kier alpha value is -0.770. The van der Waals surface area contributed by atoms with Crippen molar-refractivity contribution in [2.24, 2.45) is 0 Å². The van der Waals surface area contributed by atoms with Crippen LogP contribution in [0.15, 0.2) is 0 Å². The molecule has 88 valence electrons. The molecule has 1 aliphatic heterocycles. The van der Waals surface area contributed by atoms with Crippen molar-refractivity contribution in [2.75, 3.05) is 26.2 Å². The Morgan fingerprint density at radius 1 is 1.13 bits per heavy atom. The Balaban J connectivity index is 2.62. The van der Waals surface area contributed by atoms with Crippen LogP contribution in [0.3, 0.4) is 0 Å². The maximum Gasteiger partial charge on any atom is 0.320 e. The van der Waals surface area contributed by atoms with Gasteiger partial charge in [-0.15, -0.1) is 0 Å². The lowest BCUT2D eigenvalue weighted by atomic mass is 10.2. The SMILES string of the molecule is CC(C)N(C(=O)N1CCNCC1)C(C)C. The van der Waals surface area contributed by atoms with E-state index in [1.807, 2.05) is 9.80 Å². The van der Waals surface area contributed by atoms with Gasteiger partial charge in [-0.25, -0.2) is 4.79 Å². The zero-order valence-corrected chi connectivity index (χ0v) is 10.3. The quantitative estimate of drug-likeness (QED) is 0.746. The highest BCUT2D eigenvalue weighted by Gasteiger charge is 2.25. The number of carbonyl (C=O) groups is 1. The Kier molecular flexibility index (Phi) is 4.39. The summed E-state index contributed by atoms with van der Waals surface area (Å²) in [5, 5.41) is 3.25. The third kappa shape index (κ3) is 3.09. The molecule has 0 radical (unpaired) electrons. The molecule has 1 N–H and O–H groups in total. The first kappa shape index (κ1) is 12.3. The molecule has 15 heavy (non-hydrogen) atoms. The highest BCUT2D eigenvalue weighted by atomic mass is 16.2. The Bertz CT molecular complexity index is 202. The monoisotopic (exact) mass is 213 g/mol. The van der Waals surface area contributed by atoms with Crippen molar-refractivity contribution < 1.29 is 4.79 Å². The molecule has 1 aliphatic rings. The summed E-state index contributed by atoms with van der Waals surface area (Å²) < 4.78 is 0. The van der Waals surface area contributed by atoms with Gasteiger partial charge in [0.05, 0.1) is 0 Å². The van der Waals surface area contributed by atoms with E-state index >= 15 is 0 Å². The average Bonchev–Trinajstić information content (AvgIpc) is 2.18. The predicted molar refractivity (Wildman–Crippen MR) is 61.9 cm³/mol. The number of carbonyl (C=O) groups excluding carboxylic acids is 1. The van der Waals surface area contributed by atoms with Crippen molar-refractivity contribution in [3.8, 4) is 0 Å². The summed E-state index contributed by atoms with van der Waals surface area (Å²) in [6.07, 6.45) is 0. The number of nitrogens with one attached hydrogen (secondary N) is 1. The fourth-order valence-electron chi connectivity index (χ4n) is 2.06. The van der Waals surface area contributed by atoms with Crippen molar-refractivity contribution in [1.29, 1.82) is 0 Å². The van der Waals surface area contributed by atoms with Gasteiger partial charge in [0.25, 0.3) is 0 Å². The van der Waals surface area contributed by atoms with Crippen LogP contribution in [0.1, 0.15) is 27.7 Å². The molecule has 1 rings (SSSR count). The number of amides is 2. The average molecular weight is 213 g/mol. The van der Waals surface area contributed by atoms with Crippen LogP contribution in [0.4, 0.5) is 4.79 Å². The normalized spacial score (nSPS) is 17.3. The molecule has 2 amide bonds. The lowest BCUT2D eigenvalue weighted by Gasteiger charge is -2.37. The van der Waals surface area contributed by atoms with Crippen molar-refractivity contribution in [1.82, 2.24) is 15.1 Å². The summed E-state index contributed by atoms with van der Waals surface area (Å²) in [6, 6.07) is 0.723. The highest BCUT2D eigenvalue weighted by Crippen LogP contribution is 2.10. The number of nitrogens with zero attached hydrogens (tertiary/aromatic N) is 2. The second-order valence-electron chi connectivity index (χ2n) is 4.61. The van der Waals surface area contributed by atoms with E-state index < -0.39 is 0 Å². The minimum atomic E-state index is 0.182. The predicted octanol–water partition coefficient (Wildman–Crippen LogP) is 1.13. The molecule has 0 aliphatic carbocycles. The van der Waals surface area contributed by atoms with E-state index in [-0.39, 0.29) is 18.1 Å². The molecule has 0 saturated carbocycles. The number of rotatable bonds is 2. The summed E-state index contributed by atoms with van der Waals surface area (Å²) in [4.78, 5) is 16.1. The molecule has 1 heterocycles. The van der Waals surface area contributed by atoms with Gasteiger partial charge in [-0.2, -0.15) is 0 Å². The molecule has 4 nitrogen and oxygen atoms in total. The molecule has 1 saturated heterocycles. The van der Waals surface area contributed by atoms with Crippen molar-refractivity contribution in [3.05, 3.63) is 0 Å².